The van der Waals surface area contributed by atoms with Crippen LogP contribution in [0.25, 0.3) is 5.57 Å². The van der Waals surface area contributed by atoms with Crippen molar-refractivity contribution in [3.8, 4) is 0 Å². The fraction of sp³-hybridized carbons (Fsp3) is 0.0500. The number of rotatable bonds is 3. The van der Waals surface area contributed by atoms with Crippen LogP contribution >= 0.6 is 0 Å². The van der Waals surface area contributed by atoms with Crippen molar-refractivity contribution in [1.29, 1.82) is 0 Å². The van der Waals surface area contributed by atoms with Crippen LogP contribution in [0, 0.1) is 0 Å². The van der Waals surface area contributed by atoms with Crippen LogP contribution in [0.15, 0.2) is 91.2 Å². The molecule has 0 N–H and O–H groups in total. The molecule has 2 nitrogen and oxygen atoms in total. The Hall–Kier alpha value is -2.87. The lowest BCUT2D eigenvalue weighted by atomic mass is 9.98. The lowest BCUT2D eigenvalue weighted by Crippen LogP contribution is -2.19. The number of para-hydroxylation sites is 1. The van der Waals surface area contributed by atoms with Crippen molar-refractivity contribution in [3.05, 3.63) is 96.8 Å². The number of hydrogen-bond donors (Lipinski definition) is 0. The zero-order valence-corrected chi connectivity index (χ0v) is 12.3. The van der Waals surface area contributed by atoms with Crippen LogP contribution in [-0.2, 0) is 4.79 Å². The van der Waals surface area contributed by atoms with Crippen LogP contribution in [-0.4, -0.2) is 12.3 Å². The minimum absolute atomic E-state index is 0.0423. The van der Waals surface area contributed by atoms with Gasteiger partial charge >= 0.3 is 0 Å². The highest BCUT2D eigenvalue weighted by Gasteiger charge is 2.14. The molecule has 1 aromatic carbocycles. The summed E-state index contributed by atoms with van der Waals surface area (Å²) in [6.45, 7) is 4.57. The molecule has 1 aliphatic heterocycles. The number of hydrogen-bond acceptors (Lipinski definition) is 2. The summed E-state index contributed by atoms with van der Waals surface area (Å²) in [6.07, 6.45) is 16.9. The quantitative estimate of drug-likeness (QED) is 0.613. The molecule has 1 heterocycles. The van der Waals surface area contributed by atoms with Crippen LogP contribution in [0.5, 0.6) is 0 Å². The fourth-order valence-corrected chi connectivity index (χ4v) is 2.55. The summed E-state index contributed by atoms with van der Waals surface area (Å²) in [7, 11) is 0. The third-order valence-corrected chi connectivity index (χ3v) is 3.65. The number of carbonyl (C=O) groups excluding carboxylic acids is 1. The Bertz CT molecular complexity index is 760. The molecule has 1 aromatic rings. The van der Waals surface area contributed by atoms with Crippen molar-refractivity contribution in [3.63, 3.8) is 0 Å². The van der Waals surface area contributed by atoms with E-state index >= 15 is 0 Å². The van der Waals surface area contributed by atoms with E-state index in [0.29, 0.717) is 5.57 Å². The summed E-state index contributed by atoms with van der Waals surface area (Å²) >= 11 is 0. The third kappa shape index (κ3) is 2.77. The maximum atomic E-state index is 11.8. The topological polar surface area (TPSA) is 20.3 Å². The average molecular weight is 287 g/mol. The summed E-state index contributed by atoms with van der Waals surface area (Å²) in [5.74, 6) is 0.0423. The normalized spacial score (nSPS) is 19.8. The molecule has 1 aliphatic carbocycles. The highest BCUT2D eigenvalue weighted by molar-refractivity contribution is 6.07. The zero-order valence-electron chi connectivity index (χ0n) is 12.3. The van der Waals surface area contributed by atoms with E-state index in [-0.39, 0.29) is 5.78 Å². The molecule has 0 saturated heterocycles. The molecule has 0 amide bonds. The smallest absolute Gasteiger partial charge is 0.185 e. The molecular weight excluding hydrogens is 270 g/mol. The summed E-state index contributed by atoms with van der Waals surface area (Å²) in [6, 6.07) is 8.25. The van der Waals surface area contributed by atoms with E-state index in [0.717, 1.165) is 23.4 Å². The first-order chi connectivity index (χ1) is 10.8. The van der Waals surface area contributed by atoms with Gasteiger partial charge in [0.1, 0.15) is 0 Å². The Morgan fingerprint density at radius 2 is 1.77 bits per heavy atom. The first-order valence-corrected chi connectivity index (χ1v) is 7.26. The lowest BCUT2D eigenvalue weighted by molar-refractivity contribution is -0.111. The van der Waals surface area contributed by atoms with Crippen LogP contribution in [0.4, 0.5) is 5.69 Å². The number of benzene rings is 1. The summed E-state index contributed by atoms with van der Waals surface area (Å²) in [4.78, 5) is 13.9. The van der Waals surface area contributed by atoms with Crippen molar-refractivity contribution in [2.24, 2.45) is 0 Å². The van der Waals surface area contributed by atoms with Crippen molar-refractivity contribution in [2.45, 2.75) is 0 Å². The molecular formula is C20H17NO. The Balaban J connectivity index is 1.97. The molecule has 3 rings (SSSR count). The van der Waals surface area contributed by atoms with Crippen molar-refractivity contribution in [2.75, 3.05) is 11.4 Å². The zero-order chi connectivity index (χ0) is 15.4. The Morgan fingerprint density at radius 1 is 1.00 bits per heavy atom. The van der Waals surface area contributed by atoms with Gasteiger partial charge in [0.2, 0.25) is 0 Å². The van der Waals surface area contributed by atoms with Gasteiger partial charge in [0.15, 0.2) is 5.78 Å². The van der Waals surface area contributed by atoms with Crippen LogP contribution in [0.2, 0.25) is 0 Å². The first-order valence-electron chi connectivity index (χ1n) is 7.26. The van der Waals surface area contributed by atoms with E-state index < -0.39 is 0 Å². The van der Waals surface area contributed by atoms with Gasteiger partial charge in [-0.25, -0.2) is 0 Å². The number of nitrogens with zero attached hydrogens (tertiary/aromatic N) is 1. The van der Waals surface area contributed by atoms with Crippen molar-refractivity contribution in [1.82, 2.24) is 0 Å². The summed E-state index contributed by atoms with van der Waals surface area (Å²) in [5.41, 5.74) is 4.11. The van der Waals surface area contributed by atoms with Crippen LogP contribution in [0.1, 0.15) is 5.56 Å². The van der Waals surface area contributed by atoms with Crippen molar-refractivity contribution < 1.29 is 4.79 Å². The number of carbonyl (C=O) groups is 1. The Kier molecular flexibility index (Phi) is 4.01. The largest absolute Gasteiger partial charge is 0.344 e. The third-order valence-electron chi connectivity index (χ3n) is 3.65. The van der Waals surface area contributed by atoms with Gasteiger partial charge in [0.05, 0.1) is 0 Å². The van der Waals surface area contributed by atoms with E-state index in [1.54, 1.807) is 12.2 Å². The van der Waals surface area contributed by atoms with E-state index in [2.05, 4.69) is 29.7 Å². The minimum atomic E-state index is 0.0423. The number of fused-ring (bicyclic) bond motifs is 1. The second-order valence-electron chi connectivity index (χ2n) is 5.10. The molecule has 0 saturated carbocycles. The maximum absolute atomic E-state index is 11.8. The SMILES string of the molecule is C=CCN1C=C/C(=C/C=C2/C=CC=CC2=O)c2ccccc21. The maximum Gasteiger partial charge on any atom is 0.185 e. The van der Waals surface area contributed by atoms with Crippen LogP contribution < -0.4 is 4.90 Å². The second kappa shape index (κ2) is 6.27. The summed E-state index contributed by atoms with van der Waals surface area (Å²) < 4.78 is 0. The molecule has 0 radical (unpaired) electrons. The molecule has 0 unspecified atom stereocenters. The fourth-order valence-electron chi connectivity index (χ4n) is 2.55. The Morgan fingerprint density at radius 3 is 2.59 bits per heavy atom. The number of allylic oxidation sites excluding steroid dienone is 9. The summed E-state index contributed by atoms with van der Waals surface area (Å²) in [5, 5.41) is 0. The molecule has 108 valence electrons. The monoisotopic (exact) mass is 287 g/mol. The minimum Gasteiger partial charge on any atom is -0.344 e. The average Bonchev–Trinajstić information content (AvgIpc) is 2.56. The van der Waals surface area contributed by atoms with E-state index in [1.165, 1.54) is 0 Å². The van der Waals surface area contributed by atoms with E-state index in [4.69, 9.17) is 0 Å². The molecule has 22 heavy (non-hydrogen) atoms. The number of ketones is 1. The standard InChI is InChI=1S/C20H17NO/c1-2-14-21-15-13-16(18-8-4-5-9-19(18)21)11-12-17-7-3-6-10-20(17)22/h2-13,15H,1,14H2/b16-11-,17-12-. The molecule has 0 bridgehead atoms. The van der Waals surface area contributed by atoms with Gasteiger partial charge in [-0.2, -0.15) is 0 Å². The van der Waals surface area contributed by atoms with Crippen LogP contribution in [0.3, 0.4) is 0 Å². The van der Waals surface area contributed by atoms with E-state index in [1.807, 2.05) is 48.7 Å². The molecule has 2 heteroatoms. The van der Waals surface area contributed by atoms with Gasteiger partial charge in [-0.3, -0.25) is 4.79 Å². The highest BCUT2D eigenvalue weighted by atomic mass is 16.1. The molecule has 0 aromatic heterocycles. The molecule has 0 atom stereocenters. The number of anilines is 1. The predicted octanol–water partition coefficient (Wildman–Crippen LogP) is 4.21. The Labute approximate surface area is 130 Å². The lowest BCUT2D eigenvalue weighted by Gasteiger charge is -2.26. The highest BCUT2D eigenvalue weighted by Crippen LogP contribution is 2.32. The van der Waals surface area contributed by atoms with Gasteiger partial charge in [0.25, 0.3) is 0 Å². The van der Waals surface area contributed by atoms with Gasteiger partial charge in [-0.15, -0.1) is 6.58 Å². The predicted molar refractivity (Wildman–Crippen MR) is 92.5 cm³/mol. The van der Waals surface area contributed by atoms with Gasteiger partial charge in [-0.05, 0) is 23.8 Å². The second-order valence-corrected chi connectivity index (χ2v) is 5.10. The van der Waals surface area contributed by atoms with Gasteiger partial charge in [0, 0.05) is 29.6 Å². The molecule has 2 aliphatic rings. The first kappa shape index (κ1) is 14.1. The molecule has 0 spiro atoms. The van der Waals surface area contributed by atoms with E-state index in [9.17, 15) is 4.79 Å². The molecule has 0 fully saturated rings. The van der Waals surface area contributed by atoms with Gasteiger partial charge < -0.3 is 4.90 Å². The van der Waals surface area contributed by atoms with Gasteiger partial charge in [-0.1, -0.05) is 54.7 Å². The van der Waals surface area contributed by atoms with Crippen molar-refractivity contribution >= 4 is 17.0 Å².